The average Bonchev–Trinajstić information content (AvgIpc) is 2.48. The number of nitrogens with one attached hydrogen (secondary N) is 1. The Bertz CT molecular complexity index is 596. The van der Waals surface area contributed by atoms with E-state index in [4.69, 9.17) is 4.74 Å². The molecule has 0 radical (unpaired) electrons. The van der Waals surface area contributed by atoms with Gasteiger partial charge in [0.15, 0.2) is 0 Å². The van der Waals surface area contributed by atoms with E-state index >= 15 is 0 Å². The number of aryl methyl sites for hydroxylation is 1. The molecule has 2 aromatic carbocycles. The number of hydrogen-bond acceptors (Lipinski definition) is 3. The summed E-state index contributed by atoms with van der Waals surface area (Å²) >= 11 is 1.76. The molecule has 0 saturated carbocycles. The second-order valence-electron chi connectivity index (χ2n) is 5.40. The Hall–Kier alpha value is -1.45. The van der Waals surface area contributed by atoms with Gasteiger partial charge in [-0.2, -0.15) is 0 Å². The topological polar surface area (TPSA) is 21.3 Å². The Balaban J connectivity index is 2.26. The minimum Gasteiger partial charge on any atom is -0.496 e. The second-order valence-corrected chi connectivity index (χ2v) is 6.48. The molecule has 0 amide bonds. The van der Waals surface area contributed by atoms with Crippen LogP contribution in [0.3, 0.4) is 0 Å². The molecular formula is C18H23NOS. The first-order valence-electron chi connectivity index (χ1n) is 7.24. The van der Waals surface area contributed by atoms with E-state index in [9.17, 15) is 0 Å². The van der Waals surface area contributed by atoms with Crippen LogP contribution in [-0.4, -0.2) is 13.2 Å². The molecule has 0 fully saturated rings. The number of ether oxygens (including phenoxy) is 1. The first kappa shape index (κ1) is 15.9. The van der Waals surface area contributed by atoms with Crippen LogP contribution in [0.15, 0.2) is 52.3 Å². The van der Waals surface area contributed by atoms with Crippen LogP contribution in [0.1, 0.15) is 25.0 Å². The Labute approximate surface area is 131 Å². The van der Waals surface area contributed by atoms with Crippen molar-refractivity contribution >= 4 is 11.8 Å². The summed E-state index contributed by atoms with van der Waals surface area (Å²) in [7, 11) is 1.72. The van der Waals surface area contributed by atoms with E-state index in [1.807, 2.05) is 18.2 Å². The van der Waals surface area contributed by atoms with Gasteiger partial charge in [0.25, 0.3) is 0 Å². The van der Waals surface area contributed by atoms with Crippen LogP contribution in [0.2, 0.25) is 0 Å². The fraction of sp³-hybridized carbons (Fsp3) is 0.333. The molecule has 1 N–H and O–H groups in total. The van der Waals surface area contributed by atoms with Gasteiger partial charge in [-0.15, -0.1) is 0 Å². The van der Waals surface area contributed by atoms with Gasteiger partial charge in [-0.1, -0.05) is 55.4 Å². The Kier molecular flexibility index (Phi) is 5.71. The van der Waals surface area contributed by atoms with Gasteiger partial charge in [-0.25, -0.2) is 0 Å². The minimum absolute atomic E-state index is 0.481. The van der Waals surface area contributed by atoms with Crippen LogP contribution < -0.4 is 10.1 Å². The summed E-state index contributed by atoms with van der Waals surface area (Å²) in [6.45, 7) is 7.36. The molecule has 0 aromatic heterocycles. The number of para-hydroxylation sites is 1. The lowest BCUT2D eigenvalue weighted by Gasteiger charge is -2.14. The highest BCUT2D eigenvalue weighted by Crippen LogP contribution is 2.36. The van der Waals surface area contributed by atoms with Crippen LogP contribution >= 0.6 is 11.8 Å². The summed E-state index contributed by atoms with van der Waals surface area (Å²) in [6, 6.07) is 15.2. The third-order valence-electron chi connectivity index (χ3n) is 3.21. The van der Waals surface area contributed by atoms with Gasteiger partial charge >= 0.3 is 0 Å². The van der Waals surface area contributed by atoms with Gasteiger partial charge in [-0.3, -0.25) is 0 Å². The second kappa shape index (κ2) is 7.53. The van der Waals surface area contributed by atoms with Crippen molar-refractivity contribution in [2.75, 3.05) is 7.11 Å². The van der Waals surface area contributed by atoms with Gasteiger partial charge in [-0.05, 0) is 30.7 Å². The minimum atomic E-state index is 0.481. The Morgan fingerprint density at radius 1 is 1.10 bits per heavy atom. The molecule has 0 aliphatic rings. The number of benzene rings is 2. The van der Waals surface area contributed by atoms with E-state index in [1.54, 1.807) is 18.9 Å². The number of methoxy groups -OCH3 is 1. The van der Waals surface area contributed by atoms with Crippen LogP contribution in [0.4, 0.5) is 0 Å². The molecule has 0 aliphatic heterocycles. The van der Waals surface area contributed by atoms with Gasteiger partial charge < -0.3 is 10.1 Å². The number of hydrogen-bond donors (Lipinski definition) is 1. The molecule has 112 valence electrons. The fourth-order valence-electron chi connectivity index (χ4n) is 2.08. The van der Waals surface area contributed by atoms with Crippen molar-refractivity contribution in [1.29, 1.82) is 0 Å². The van der Waals surface area contributed by atoms with E-state index in [2.05, 4.69) is 50.4 Å². The predicted molar refractivity (Wildman–Crippen MR) is 90.3 cm³/mol. The lowest BCUT2D eigenvalue weighted by Crippen LogP contribution is -2.22. The van der Waals surface area contributed by atoms with Gasteiger partial charge in [0.05, 0.1) is 12.0 Å². The van der Waals surface area contributed by atoms with Gasteiger partial charge in [0, 0.05) is 17.5 Å². The molecule has 2 rings (SSSR count). The van der Waals surface area contributed by atoms with Crippen molar-refractivity contribution in [3.8, 4) is 5.75 Å². The van der Waals surface area contributed by atoms with Crippen LogP contribution in [0, 0.1) is 6.92 Å². The quantitative estimate of drug-likeness (QED) is 0.839. The third kappa shape index (κ3) is 4.51. The van der Waals surface area contributed by atoms with E-state index < -0.39 is 0 Å². The van der Waals surface area contributed by atoms with Crippen molar-refractivity contribution < 1.29 is 4.74 Å². The molecule has 3 heteroatoms. The summed E-state index contributed by atoms with van der Waals surface area (Å²) in [6.07, 6.45) is 0. The monoisotopic (exact) mass is 301 g/mol. The highest BCUT2D eigenvalue weighted by atomic mass is 32.2. The summed E-state index contributed by atoms with van der Waals surface area (Å²) in [5.41, 5.74) is 2.62. The molecule has 21 heavy (non-hydrogen) atoms. The van der Waals surface area contributed by atoms with E-state index in [0.717, 1.165) is 17.2 Å². The van der Waals surface area contributed by atoms with E-state index in [0.29, 0.717) is 6.04 Å². The Morgan fingerprint density at radius 3 is 2.57 bits per heavy atom. The van der Waals surface area contributed by atoms with E-state index in [1.165, 1.54) is 16.0 Å². The Morgan fingerprint density at radius 2 is 1.86 bits per heavy atom. The molecule has 0 unspecified atom stereocenters. The number of rotatable bonds is 6. The van der Waals surface area contributed by atoms with Crippen LogP contribution in [-0.2, 0) is 6.54 Å². The normalized spacial score (nSPS) is 10.9. The lowest BCUT2D eigenvalue weighted by molar-refractivity contribution is 0.405. The molecule has 0 saturated heterocycles. The zero-order chi connectivity index (χ0) is 15.2. The van der Waals surface area contributed by atoms with E-state index in [-0.39, 0.29) is 0 Å². The maximum Gasteiger partial charge on any atom is 0.132 e. The highest BCUT2D eigenvalue weighted by molar-refractivity contribution is 7.99. The average molecular weight is 301 g/mol. The molecule has 0 heterocycles. The van der Waals surface area contributed by atoms with Crippen molar-refractivity contribution in [3.63, 3.8) is 0 Å². The van der Waals surface area contributed by atoms with Gasteiger partial charge in [0.2, 0.25) is 0 Å². The predicted octanol–water partition coefficient (Wildman–Crippen LogP) is 4.65. The summed E-state index contributed by atoms with van der Waals surface area (Å²) in [5.74, 6) is 0.922. The molecule has 2 nitrogen and oxygen atoms in total. The zero-order valence-electron chi connectivity index (χ0n) is 13.1. The third-order valence-corrected chi connectivity index (χ3v) is 4.38. The van der Waals surface area contributed by atoms with Crippen molar-refractivity contribution in [1.82, 2.24) is 5.32 Å². The lowest BCUT2D eigenvalue weighted by atomic mass is 10.1. The van der Waals surface area contributed by atoms with Crippen molar-refractivity contribution in [3.05, 3.63) is 53.6 Å². The maximum atomic E-state index is 5.44. The fourth-order valence-corrected chi connectivity index (χ4v) is 3.12. The molecule has 0 bridgehead atoms. The highest BCUT2D eigenvalue weighted by Gasteiger charge is 2.09. The molecule has 2 aromatic rings. The first-order chi connectivity index (χ1) is 10.1. The van der Waals surface area contributed by atoms with Crippen LogP contribution in [0.5, 0.6) is 5.75 Å². The standard InChI is InChI=1S/C18H23NOS/c1-13(2)19-12-15-11-14(3)9-10-17(15)21-18-8-6-5-7-16(18)20-4/h5-11,13,19H,12H2,1-4H3. The van der Waals surface area contributed by atoms with Crippen molar-refractivity contribution in [2.45, 2.75) is 43.1 Å². The molecular weight excluding hydrogens is 278 g/mol. The first-order valence-corrected chi connectivity index (χ1v) is 8.05. The molecule has 0 aliphatic carbocycles. The zero-order valence-corrected chi connectivity index (χ0v) is 14.0. The summed E-state index contributed by atoms with van der Waals surface area (Å²) in [4.78, 5) is 2.42. The summed E-state index contributed by atoms with van der Waals surface area (Å²) in [5, 5.41) is 3.50. The van der Waals surface area contributed by atoms with Crippen LogP contribution in [0.25, 0.3) is 0 Å². The molecule has 0 atom stereocenters. The maximum absolute atomic E-state index is 5.44. The smallest absolute Gasteiger partial charge is 0.132 e. The summed E-state index contributed by atoms with van der Waals surface area (Å²) < 4.78 is 5.44. The largest absolute Gasteiger partial charge is 0.496 e. The van der Waals surface area contributed by atoms with Gasteiger partial charge in [0.1, 0.15) is 5.75 Å². The molecule has 0 spiro atoms. The SMILES string of the molecule is COc1ccccc1Sc1ccc(C)cc1CNC(C)C. The van der Waals surface area contributed by atoms with Crippen molar-refractivity contribution in [2.24, 2.45) is 0 Å².